The number of H-pyrrole nitrogens is 1. The number of aromatic amines is 1. The molecule has 1 atom stereocenters. The first-order valence-electron chi connectivity index (χ1n) is 8.23. The summed E-state index contributed by atoms with van der Waals surface area (Å²) in [7, 11) is 0. The lowest BCUT2D eigenvalue weighted by atomic mass is 10.1. The molecule has 23 heavy (non-hydrogen) atoms. The standard InChI is InChI=1S/C19H21N3O/c23-19-20-17-8-4-5-9-18(17)22(19)14-16-10-11-21(13-16)12-15-6-2-1-3-7-15/h1-9,16H,10-14H2,(H,20,23). The summed E-state index contributed by atoms with van der Waals surface area (Å²) in [4.78, 5) is 17.6. The Balaban J connectivity index is 1.46. The van der Waals surface area contributed by atoms with Crippen molar-refractivity contribution in [3.05, 3.63) is 70.6 Å². The maximum Gasteiger partial charge on any atom is 0.326 e. The van der Waals surface area contributed by atoms with Gasteiger partial charge in [-0.3, -0.25) is 9.47 Å². The summed E-state index contributed by atoms with van der Waals surface area (Å²) in [5, 5.41) is 0. The van der Waals surface area contributed by atoms with Gasteiger partial charge >= 0.3 is 5.69 Å². The molecule has 0 radical (unpaired) electrons. The van der Waals surface area contributed by atoms with E-state index < -0.39 is 0 Å². The molecule has 1 fully saturated rings. The van der Waals surface area contributed by atoms with Gasteiger partial charge < -0.3 is 4.98 Å². The number of imidazole rings is 1. The van der Waals surface area contributed by atoms with Crippen LogP contribution in [0.4, 0.5) is 0 Å². The third-order valence-corrected chi connectivity index (χ3v) is 4.74. The molecule has 1 aliphatic rings. The van der Waals surface area contributed by atoms with Gasteiger partial charge in [0, 0.05) is 19.6 Å². The predicted octanol–water partition coefficient (Wildman–Crippen LogP) is 2.85. The molecule has 4 nitrogen and oxygen atoms in total. The number of para-hydroxylation sites is 2. The lowest BCUT2D eigenvalue weighted by Crippen LogP contribution is -2.25. The van der Waals surface area contributed by atoms with E-state index in [0.717, 1.165) is 43.6 Å². The van der Waals surface area contributed by atoms with Crippen molar-refractivity contribution >= 4 is 11.0 Å². The molecule has 4 rings (SSSR count). The summed E-state index contributed by atoms with van der Waals surface area (Å²) in [6.07, 6.45) is 1.15. The van der Waals surface area contributed by atoms with Gasteiger partial charge in [0.1, 0.15) is 0 Å². The van der Waals surface area contributed by atoms with E-state index in [9.17, 15) is 4.79 Å². The van der Waals surface area contributed by atoms with E-state index >= 15 is 0 Å². The van der Waals surface area contributed by atoms with Gasteiger partial charge in [-0.05, 0) is 36.6 Å². The van der Waals surface area contributed by atoms with Crippen LogP contribution in [0.15, 0.2) is 59.4 Å². The van der Waals surface area contributed by atoms with Crippen molar-refractivity contribution in [3.8, 4) is 0 Å². The number of nitrogens with one attached hydrogen (secondary N) is 1. The monoisotopic (exact) mass is 307 g/mol. The Kier molecular flexibility index (Phi) is 3.75. The van der Waals surface area contributed by atoms with Gasteiger partial charge in [0.05, 0.1) is 11.0 Å². The van der Waals surface area contributed by atoms with Crippen LogP contribution in [0.2, 0.25) is 0 Å². The minimum absolute atomic E-state index is 0.00714. The van der Waals surface area contributed by atoms with Gasteiger partial charge in [-0.2, -0.15) is 0 Å². The number of rotatable bonds is 4. The molecule has 2 heterocycles. The van der Waals surface area contributed by atoms with E-state index in [0.29, 0.717) is 5.92 Å². The van der Waals surface area contributed by atoms with Crippen LogP contribution in [-0.2, 0) is 13.1 Å². The summed E-state index contributed by atoms with van der Waals surface area (Å²) >= 11 is 0. The summed E-state index contributed by atoms with van der Waals surface area (Å²) in [6, 6.07) is 18.5. The molecule has 0 bridgehead atoms. The molecule has 2 aromatic carbocycles. The molecular formula is C19H21N3O. The van der Waals surface area contributed by atoms with Gasteiger partial charge in [0.2, 0.25) is 0 Å². The fourth-order valence-corrected chi connectivity index (χ4v) is 3.59. The second kappa shape index (κ2) is 6.05. The highest BCUT2D eigenvalue weighted by Crippen LogP contribution is 2.21. The van der Waals surface area contributed by atoms with Crippen molar-refractivity contribution in [1.29, 1.82) is 0 Å². The summed E-state index contributed by atoms with van der Waals surface area (Å²) in [6.45, 7) is 3.96. The molecule has 0 saturated carbocycles. The molecule has 0 aliphatic carbocycles. The molecule has 1 aliphatic heterocycles. The minimum atomic E-state index is 0.00714. The van der Waals surface area contributed by atoms with Crippen molar-refractivity contribution in [3.63, 3.8) is 0 Å². The largest absolute Gasteiger partial charge is 0.326 e. The molecule has 1 saturated heterocycles. The highest BCUT2D eigenvalue weighted by molar-refractivity contribution is 5.74. The lowest BCUT2D eigenvalue weighted by molar-refractivity contribution is 0.309. The van der Waals surface area contributed by atoms with Crippen LogP contribution in [0.25, 0.3) is 11.0 Å². The number of hydrogen-bond donors (Lipinski definition) is 1. The van der Waals surface area contributed by atoms with Crippen LogP contribution < -0.4 is 5.69 Å². The van der Waals surface area contributed by atoms with Crippen molar-refractivity contribution in [2.75, 3.05) is 13.1 Å². The zero-order valence-electron chi connectivity index (χ0n) is 13.1. The Morgan fingerprint density at radius 1 is 1.04 bits per heavy atom. The van der Waals surface area contributed by atoms with E-state index in [1.807, 2.05) is 28.8 Å². The van der Waals surface area contributed by atoms with Gasteiger partial charge in [0.15, 0.2) is 0 Å². The van der Waals surface area contributed by atoms with E-state index in [2.05, 4.69) is 40.2 Å². The minimum Gasteiger partial charge on any atom is -0.306 e. The highest BCUT2D eigenvalue weighted by atomic mass is 16.1. The first kappa shape index (κ1) is 14.3. The zero-order valence-corrected chi connectivity index (χ0v) is 13.1. The van der Waals surface area contributed by atoms with E-state index in [1.54, 1.807) is 0 Å². The number of fused-ring (bicyclic) bond motifs is 1. The number of likely N-dealkylation sites (tertiary alicyclic amines) is 1. The average molecular weight is 307 g/mol. The zero-order chi connectivity index (χ0) is 15.6. The number of nitrogens with zero attached hydrogens (tertiary/aromatic N) is 2. The predicted molar refractivity (Wildman–Crippen MR) is 92.4 cm³/mol. The maximum atomic E-state index is 12.2. The fourth-order valence-electron chi connectivity index (χ4n) is 3.59. The molecular weight excluding hydrogens is 286 g/mol. The van der Waals surface area contributed by atoms with Gasteiger partial charge in [-0.25, -0.2) is 4.79 Å². The molecule has 3 aromatic rings. The number of aromatic nitrogens is 2. The van der Waals surface area contributed by atoms with Crippen LogP contribution in [-0.4, -0.2) is 27.5 Å². The van der Waals surface area contributed by atoms with E-state index in [4.69, 9.17) is 0 Å². The summed E-state index contributed by atoms with van der Waals surface area (Å²) in [5.74, 6) is 0.538. The normalized spacial score (nSPS) is 18.7. The van der Waals surface area contributed by atoms with E-state index in [-0.39, 0.29) is 5.69 Å². The Morgan fingerprint density at radius 2 is 1.83 bits per heavy atom. The second-order valence-electron chi connectivity index (χ2n) is 6.43. The quantitative estimate of drug-likeness (QED) is 0.805. The smallest absolute Gasteiger partial charge is 0.306 e. The van der Waals surface area contributed by atoms with Gasteiger partial charge in [0.25, 0.3) is 0 Å². The Bertz CT molecular complexity index is 850. The van der Waals surface area contributed by atoms with Crippen LogP contribution in [0, 0.1) is 5.92 Å². The maximum absolute atomic E-state index is 12.2. The molecule has 0 spiro atoms. The third kappa shape index (κ3) is 2.94. The lowest BCUT2D eigenvalue weighted by Gasteiger charge is -2.16. The fraction of sp³-hybridized carbons (Fsp3) is 0.316. The van der Waals surface area contributed by atoms with Crippen molar-refractivity contribution in [2.45, 2.75) is 19.5 Å². The number of benzene rings is 2. The Hall–Kier alpha value is -2.33. The second-order valence-corrected chi connectivity index (χ2v) is 6.43. The van der Waals surface area contributed by atoms with Crippen molar-refractivity contribution in [2.24, 2.45) is 5.92 Å². The van der Waals surface area contributed by atoms with Crippen LogP contribution in [0.5, 0.6) is 0 Å². The first-order chi connectivity index (χ1) is 11.3. The molecule has 118 valence electrons. The van der Waals surface area contributed by atoms with Gasteiger partial charge in [-0.1, -0.05) is 42.5 Å². The Morgan fingerprint density at radius 3 is 2.70 bits per heavy atom. The Labute approximate surface area is 135 Å². The topological polar surface area (TPSA) is 41.0 Å². The number of hydrogen-bond acceptors (Lipinski definition) is 2. The third-order valence-electron chi connectivity index (χ3n) is 4.74. The molecule has 1 unspecified atom stereocenters. The highest BCUT2D eigenvalue weighted by Gasteiger charge is 2.23. The van der Waals surface area contributed by atoms with Crippen LogP contribution >= 0.6 is 0 Å². The summed E-state index contributed by atoms with van der Waals surface area (Å²) < 4.78 is 1.89. The van der Waals surface area contributed by atoms with Crippen LogP contribution in [0.1, 0.15) is 12.0 Å². The summed E-state index contributed by atoms with van der Waals surface area (Å²) in [5.41, 5.74) is 3.31. The molecule has 4 heteroatoms. The van der Waals surface area contributed by atoms with Crippen molar-refractivity contribution < 1.29 is 0 Å². The van der Waals surface area contributed by atoms with Gasteiger partial charge in [-0.15, -0.1) is 0 Å². The molecule has 1 aromatic heterocycles. The molecule has 1 N–H and O–H groups in total. The van der Waals surface area contributed by atoms with Crippen molar-refractivity contribution in [1.82, 2.24) is 14.5 Å². The molecule has 0 amide bonds. The first-order valence-corrected chi connectivity index (χ1v) is 8.23. The van der Waals surface area contributed by atoms with E-state index in [1.165, 1.54) is 5.56 Å². The van der Waals surface area contributed by atoms with Crippen LogP contribution in [0.3, 0.4) is 0 Å². The average Bonchev–Trinajstić information content (AvgIpc) is 3.14. The SMILES string of the molecule is O=c1[nH]c2ccccc2n1CC1CCN(Cc2ccccc2)C1.